The monoisotopic (exact) mass is 289 g/mol. The van der Waals surface area contributed by atoms with E-state index in [4.69, 9.17) is 13.3 Å². The number of rotatable bonds is 10. The van der Waals surface area contributed by atoms with E-state index in [0.717, 1.165) is 12.1 Å². The molecule has 5 nitrogen and oxygen atoms in total. The fourth-order valence-corrected chi connectivity index (χ4v) is 4.13. The highest BCUT2D eigenvalue weighted by Crippen LogP contribution is 2.18. The van der Waals surface area contributed by atoms with Crippen molar-refractivity contribution in [3.8, 4) is 0 Å². The van der Waals surface area contributed by atoms with Crippen molar-refractivity contribution < 1.29 is 18.1 Å². The molecule has 0 aliphatic carbocycles. The zero-order chi connectivity index (χ0) is 14.7. The SMILES string of the molecule is CCO[Si](CCC(=O)N=C(C)CC)(OCC)OCC. The molecule has 0 radical (unpaired) electrons. The van der Waals surface area contributed by atoms with Crippen molar-refractivity contribution >= 4 is 20.4 Å². The van der Waals surface area contributed by atoms with E-state index in [9.17, 15) is 4.79 Å². The summed E-state index contributed by atoms with van der Waals surface area (Å²) in [7, 11) is -2.71. The van der Waals surface area contributed by atoms with Gasteiger partial charge < -0.3 is 13.3 Å². The maximum atomic E-state index is 11.7. The Morgan fingerprint density at radius 2 is 1.47 bits per heavy atom. The van der Waals surface area contributed by atoms with Gasteiger partial charge in [0.05, 0.1) is 0 Å². The Morgan fingerprint density at radius 3 is 1.84 bits per heavy atom. The fourth-order valence-electron chi connectivity index (χ4n) is 1.61. The molecule has 6 heteroatoms. The Labute approximate surface area is 117 Å². The second kappa shape index (κ2) is 10.3. The van der Waals surface area contributed by atoms with Crippen LogP contribution in [0.5, 0.6) is 0 Å². The van der Waals surface area contributed by atoms with Crippen LogP contribution in [0.15, 0.2) is 4.99 Å². The molecule has 0 spiro atoms. The van der Waals surface area contributed by atoms with Gasteiger partial charge in [-0.2, -0.15) is 0 Å². The van der Waals surface area contributed by atoms with Crippen LogP contribution in [-0.4, -0.2) is 40.2 Å². The Balaban J connectivity index is 4.58. The summed E-state index contributed by atoms with van der Waals surface area (Å²) in [4.78, 5) is 15.8. The Kier molecular flexibility index (Phi) is 9.95. The van der Waals surface area contributed by atoms with Gasteiger partial charge in [-0.1, -0.05) is 6.92 Å². The van der Waals surface area contributed by atoms with Crippen LogP contribution in [-0.2, 0) is 18.1 Å². The first-order valence-corrected chi connectivity index (χ1v) is 8.95. The van der Waals surface area contributed by atoms with Gasteiger partial charge in [0.1, 0.15) is 0 Å². The molecule has 0 aromatic carbocycles. The van der Waals surface area contributed by atoms with Gasteiger partial charge in [0.2, 0.25) is 5.91 Å². The van der Waals surface area contributed by atoms with E-state index >= 15 is 0 Å². The van der Waals surface area contributed by atoms with Gasteiger partial charge in [0, 0.05) is 38.0 Å². The molecule has 0 heterocycles. The van der Waals surface area contributed by atoms with E-state index in [1.165, 1.54) is 0 Å². The van der Waals surface area contributed by atoms with Crippen molar-refractivity contribution in [2.45, 2.75) is 53.5 Å². The van der Waals surface area contributed by atoms with Crippen LogP contribution in [0.3, 0.4) is 0 Å². The number of nitrogens with zero attached hydrogens (tertiary/aromatic N) is 1. The number of hydrogen-bond acceptors (Lipinski definition) is 4. The van der Waals surface area contributed by atoms with Crippen LogP contribution in [0.1, 0.15) is 47.5 Å². The first kappa shape index (κ1) is 18.4. The van der Waals surface area contributed by atoms with Gasteiger partial charge in [-0.3, -0.25) is 4.79 Å². The highest BCUT2D eigenvalue weighted by molar-refractivity contribution is 6.61. The minimum Gasteiger partial charge on any atom is -0.374 e. The van der Waals surface area contributed by atoms with Crippen molar-refractivity contribution in [3.63, 3.8) is 0 Å². The molecule has 0 aliphatic rings. The minimum absolute atomic E-state index is 0.129. The third-order valence-electron chi connectivity index (χ3n) is 2.57. The molecule has 0 unspecified atom stereocenters. The molecule has 19 heavy (non-hydrogen) atoms. The van der Waals surface area contributed by atoms with E-state index in [0.29, 0.717) is 32.3 Å². The minimum atomic E-state index is -2.71. The molecule has 0 aromatic rings. The van der Waals surface area contributed by atoms with Crippen LogP contribution in [0.4, 0.5) is 0 Å². The number of carbonyl (C=O) groups excluding carboxylic acids is 1. The normalized spacial score (nSPS) is 12.8. The molecule has 0 saturated carbocycles. The zero-order valence-electron chi connectivity index (χ0n) is 12.8. The summed E-state index contributed by atoms with van der Waals surface area (Å²) in [5, 5.41) is 0. The molecule has 0 N–H and O–H groups in total. The average Bonchev–Trinajstić information content (AvgIpc) is 2.37. The predicted octanol–water partition coefficient (Wildman–Crippen LogP) is 2.82. The molecular weight excluding hydrogens is 262 g/mol. The Hall–Kier alpha value is -0.563. The molecule has 0 fully saturated rings. The summed E-state index contributed by atoms with van der Waals surface area (Å²) in [5.41, 5.74) is 0.849. The standard InChI is InChI=1S/C13H27NO4Si/c1-6-12(5)14-13(15)10-11-19(16-7-2,17-8-3)18-9-4/h6-11H2,1-5H3. The van der Waals surface area contributed by atoms with Crippen molar-refractivity contribution in [2.75, 3.05) is 19.8 Å². The first-order chi connectivity index (χ1) is 9.03. The Bertz CT molecular complexity index is 277. The Morgan fingerprint density at radius 1 is 1.00 bits per heavy atom. The van der Waals surface area contributed by atoms with E-state index in [1.807, 2.05) is 34.6 Å². The molecule has 0 saturated heterocycles. The smallest absolute Gasteiger partial charge is 0.374 e. The summed E-state index contributed by atoms with van der Waals surface area (Å²) in [5.74, 6) is -0.129. The second-order valence-corrected chi connectivity index (χ2v) is 6.81. The molecule has 112 valence electrons. The first-order valence-electron chi connectivity index (χ1n) is 7.02. The van der Waals surface area contributed by atoms with Crippen LogP contribution in [0.25, 0.3) is 0 Å². The van der Waals surface area contributed by atoms with Gasteiger partial charge in [-0.05, 0) is 34.1 Å². The van der Waals surface area contributed by atoms with E-state index in [-0.39, 0.29) is 5.91 Å². The van der Waals surface area contributed by atoms with Crippen molar-refractivity contribution in [1.29, 1.82) is 0 Å². The second-order valence-electron chi connectivity index (χ2n) is 4.08. The molecular formula is C13H27NO4Si. The molecule has 0 aliphatic heterocycles. The van der Waals surface area contributed by atoms with Crippen molar-refractivity contribution in [3.05, 3.63) is 0 Å². The molecule has 0 aromatic heterocycles. The summed E-state index contributed by atoms with van der Waals surface area (Å²) in [6.45, 7) is 11.1. The number of carbonyl (C=O) groups is 1. The highest BCUT2D eigenvalue weighted by atomic mass is 28.4. The van der Waals surface area contributed by atoms with E-state index < -0.39 is 8.80 Å². The van der Waals surface area contributed by atoms with Gasteiger partial charge in [0.15, 0.2) is 0 Å². The van der Waals surface area contributed by atoms with Crippen LogP contribution >= 0.6 is 0 Å². The molecule has 0 rings (SSSR count). The van der Waals surface area contributed by atoms with Crippen molar-refractivity contribution in [2.24, 2.45) is 4.99 Å². The van der Waals surface area contributed by atoms with Crippen molar-refractivity contribution in [1.82, 2.24) is 0 Å². The lowest BCUT2D eigenvalue weighted by Gasteiger charge is -2.28. The number of hydrogen-bond donors (Lipinski definition) is 0. The maximum absolute atomic E-state index is 11.7. The van der Waals surface area contributed by atoms with Gasteiger partial charge in [0.25, 0.3) is 0 Å². The summed E-state index contributed by atoms with van der Waals surface area (Å²) in [6, 6.07) is 0.488. The predicted molar refractivity (Wildman–Crippen MR) is 78.5 cm³/mol. The lowest BCUT2D eigenvalue weighted by atomic mass is 10.3. The summed E-state index contributed by atoms with van der Waals surface area (Å²) in [6.07, 6.45) is 1.10. The zero-order valence-corrected chi connectivity index (χ0v) is 13.8. The number of aliphatic imine (C=N–C) groups is 1. The lowest BCUT2D eigenvalue weighted by Crippen LogP contribution is -2.46. The van der Waals surface area contributed by atoms with Crippen LogP contribution in [0, 0.1) is 0 Å². The summed E-state index contributed by atoms with van der Waals surface area (Å²) >= 11 is 0. The third-order valence-corrected chi connectivity index (χ3v) is 5.61. The summed E-state index contributed by atoms with van der Waals surface area (Å²) < 4.78 is 17.1. The quantitative estimate of drug-likeness (QED) is 0.458. The molecule has 1 amide bonds. The average molecular weight is 289 g/mol. The fraction of sp³-hybridized carbons (Fsp3) is 0.846. The van der Waals surface area contributed by atoms with Crippen LogP contribution in [0.2, 0.25) is 6.04 Å². The van der Waals surface area contributed by atoms with Gasteiger partial charge in [-0.15, -0.1) is 0 Å². The van der Waals surface area contributed by atoms with E-state index in [2.05, 4.69) is 4.99 Å². The van der Waals surface area contributed by atoms with Gasteiger partial charge >= 0.3 is 8.80 Å². The topological polar surface area (TPSA) is 57.1 Å². The molecule has 0 atom stereocenters. The maximum Gasteiger partial charge on any atom is 0.501 e. The van der Waals surface area contributed by atoms with E-state index in [1.54, 1.807) is 0 Å². The third kappa shape index (κ3) is 7.56. The van der Waals surface area contributed by atoms with Gasteiger partial charge in [-0.25, -0.2) is 4.99 Å². The van der Waals surface area contributed by atoms with Crippen LogP contribution < -0.4 is 0 Å². The molecule has 0 bridgehead atoms. The highest BCUT2D eigenvalue weighted by Gasteiger charge is 2.40. The lowest BCUT2D eigenvalue weighted by molar-refractivity contribution is -0.117. The number of amides is 1. The largest absolute Gasteiger partial charge is 0.501 e.